The predicted octanol–water partition coefficient (Wildman–Crippen LogP) is 5.23. The van der Waals surface area contributed by atoms with Gasteiger partial charge in [-0.2, -0.15) is 5.10 Å². The Labute approximate surface area is 175 Å². The van der Waals surface area contributed by atoms with Crippen molar-refractivity contribution in [3.63, 3.8) is 0 Å². The SMILES string of the molecule is O=C(N/N=C/c1c(Br)cc(Br)c(O)c1Br)c1ccccc1-n1cccc1. The number of rotatable bonds is 4. The van der Waals surface area contributed by atoms with Gasteiger partial charge in [-0.05, 0) is 62.2 Å². The van der Waals surface area contributed by atoms with Crippen LogP contribution in [0.1, 0.15) is 15.9 Å². The Morgan fingerprint density at radius 1 is 1.08 bits per heavy atom. The quantitative estimate of drug-likeness (QED) is 0.351. The van der Waals surface area contributed by atoms with Crippen molar-refractivity contribution in [2.24, 2.45) is 5.10 Å². The molecule has 0 atom stereocenters. The molecular weight excluding hydrogens is 530 g/mol. The van der Waals surface area contributed by atoms with Crippen molar-refractivity contribution in [1.82, 2.24) is 9.99 Å². The molecule has 0 spiro atoms. The second kappa shape index (κ2) is 8.20. The molecule has 0 radical (unpaired) electrons. The van der Waals surface area contributed by atoms with Crippen LogP contribution < -0.4 is 5.43 Å². The minimum Gasteiger partial charge on any atom is -0.506 e. The largest absolute Gasteiger partial charge is 0.506 e. The summed E-state index contributed by atoms with van der Waals surface area (Å²) in [6.45, 7) is 0. The first-order valence-corrected chi connectivity index (χ1v) is 9.79. The lowest BCUT2D eigenvalue weighted by Crippen LogP contribution is -2.19. The molecule has 2 aromatic carbocycles. The molecule has 0 fully saturated rings. The molecular formula is C18H12Br3N3O2. The molecule has 1 heterocycles. The van der Waals surface area contributed by atoms with E-state index in [1.165, 1.54) is 6.21 Å². The number of hydrogen-bond donors (Lipinski definition) is 2. The highest BCUT2D eigenvalue weighted by Crippen LogP contribution is 2.38. The van der Waals surface area contributed by atoms with Crippen LogP contribution in [0, 0.1) is 0 Å². The molecule has 1 aromatic heterocycles. The molecule has 5 nitrogen and oxygen atoms in total. The Hall–Kier alpha value is -1.90. The molecule has 3 aromatic rings. The van der Waals surface area contributed by atoms with Crippen molar-refractivity contribution in [2.75, 3.05) is 0 Å². The third-order valence-electron chi connectivity index (χ3n) is 3.57. The van der Waals surface area contributed by atoms with E-state index in [0.717, 1.165) is 5.69 Å². The molecule has 0 saturated heterocycles. The molecule has 0 saturated carbocycles. The number of phenolic OH excluding ortho intramolecular Hbond substituents is 1. The summed E-state index contributed by atoms with van der Waals surface area (Å²) >= 11 is 9.97. The van der Waals surface area contributed by atoms with Crippen molar-refractivity contribution in [3.8, 4) is 11.4 Å². The van der Waals surface area contributed by atoms with Gasteiger partial charge in [-0.25, -0.2) is 5.43 Å². The van der Waals surface area contributed by atoms with Crippen molar-refractivity contribution in [1.29, 1.82) is 0 Å². The van der Waals surface area contributed by atoms with Crippen LogP contribution in [0.5, 0.6) is 5.75 Å². The lowest BCUT2D eigenvalue weighted by atomic mass is 10.1. The maximum atomic E-state index is 12.5. The maximum Gasteiger partial charge on any atom is 0.273 e. The molecule has 0 unspecified atom stereocenters. The van der Waals surface area contributed by atoms with Crippen molar-refractivity contribution in [3.05, 3.63) is 79.4 Å². The number of hydrazone groups is 1. The number of aromatic hydroxyl groups is 1. The van der Waals surface area contributed by atoms with Gasteiger partial charge in [0.15, 0.2) is 0 Å². The minimum absolute atomic E-state index is 0.0546. The van der Waals surface area contributed by atoms with E-state index in [0.29, 0.717) is 24.5 Å². The second-order valence-corrected chi connectivity index (χ2v) is 7.72. The number of hydrogen-bond acceptors (Lipinski definition) is 3. The summed E-state index contributed by atoms with van der Waals surface area (Å²) in [5.41, 5.74) is 4.38. The zero-order chi connectivity index (χ0) is 18.7. The normalized spacial score (nSPS) is 11.0. The van der Waals surface area contributed by atoms with E-state index in [1.807, 2.05) is 41.2 Å². The number of para-hydroxylation sites is 1. The fraction of sp³-hybridized carbons (Fsp3) is 0. The topological polar surface area (TPSA) is 66.6 Å². The lowest BCUT2D eigenvalue weighted by Gasteiger charge is -2.09. The first-order valence-electron chi connectivity index (χ1n) is 7.41. The molecule has 0 aliphatic rings. The Morgan fingerprint density at radius 3 is 2.50 bits per heavy atom. The van der Waals surface area contributed by atoms with Crippen LogP contribution in [0.3, 0.4) is 0 Å². The number of carbonyl (C=O) groups is 1. The van der Waals surface area contributed by atoms with Gasteiger partial charge in [0.05, 0.1) is 26.4 Å². The summed E-state index contributed by atoms with van der Waals surface area (Å²) in [7, 11) is 0. The van der Waals surface area contributed by atoms with E-state index in [1.54, 1.807) is 18.2 Å². The summed E-state index contributed by atoms with van der Waals surface area (Å²) in [5.74, 6) is -0.280. The van der Waals surface area contributed by atoms with Gasteiger partial charge in [-0.1, -0.05) is 28.1 Å². The number of nitrogens with zero attached hydrogens (tertiary/aromatic N) is 2. The molecule has 3 rings (SSSR count). The number of nitrogens with one attached hydrogen (secondary N) is 1. The maximum absolute atomic E-state index is 12.5. The number of phenols is 1. The van der Waals surface area contributed by atoms with Gasteiger partial charge < -0.3 is 9.67 Å². The Balaban J connectivity index is 1.83. The smallest absolute Gasteiger partial charge is 0.273 e. The Morgan fingerprint density at radius 2 is 1.77 bits per heavy atom. The van der Waals surface area contributed by atoms with Gasteiger partial charge in [0.2, 0.25) is 0 Å². The molecule has 0 aliphatic heterocycles. The van der Waals surface area contributed by atoms with Crippen LogP contribution in [-0.4, -0.2) is 21.8 Å². The first-order chi connectivity index (χ1) is 12.5. The van der Waals surface area contributed by atoms with Crippen molar-refractivity contribution >= 4 is 59.9 Å². The van der Waals surface area contributed by atoms with Gasteiger partial charge in [-0.15, -0.1) is 0 Å². The summed E-state index contributed by atoms with van der Waals surface area (Å²) in [6, 6.07) is 12.7. The zero-order valence-electron chi connectivity index (χ0n) is 13.2. The van der Waals surface area contributed by atoms with Crippen molar-refractivity contribution in [2.45, 2.75) is 0 Å². The van der Waals surface area contributed by atoms with Gasteiger partial charge >= 0.3 is 0 Å². The molecule has 8 heteroatoms. The van der Waals surface area contributed by atoms with Crippen LogP contribution in [0.15, 0.2) is 73.4 Å². The van der Waals surface area contributed by atoms with Crippen LogP contribution in [0.4, 0.5) is 0 Å². The third kappa shape index (κ3) is 3.92. The third-order valence-corrected chi connectivity index (χ3v) is 5.64. The standard InChI is InChI=1S/C18H12Br3N3O2/c19-13-9-14(20)17(25)16(21)12(13)10-22-23-18(26)11-5-1-2-6-15(11)24-7-3-4-8-24/h1-10,25H,(H,23,26)/b22-10+. The monoisotopic (exact) mass is 539 g/mol. The fourth-order valence-electron chi connectivity index (χ4n) is 2.31. The number of aromatic nitrogens is 1. The van der Waals surface area contributed by atoms with Crippen LogP contribution in [-0.2, 0) is 0 Å². The van der Waals surface area contributed by atoms with Gasteiger partial charge in [-0.3, -0.25) is 4.79 Å². The molecule has 132 valence electrons. The summed E-state index contributed by atoms with van der Waals surface area (Å²) in [6.07, 6.45) is 5.19. The summed E-state index contributed by atoms with van der Waals surface area (Å²) in [5, 5.41) is 14.0. The summed E-state index contributed by atoms with van der Waals surface area (Å²) in [4.78, 5) is 12.5. The number of benzene rings is 2. The Kier molecular flexibility index (Phi) is 5.95. The van der Waals surface area contributed by atoms with E-state index >= 15 is 0 Å². The van der Waals surface area contributed by atoms with Gasteiger partial charge in [0.1, 0.15) is 5.75 Å². The number of amides is 1. The highest BCUT2D eigenvalue weighted by molar-refractivity contribution is 9.11. The zero-order valence-corrected chi connectivity index (χ0v) is 17.9. The average Bonchev–Trinajstić information content (AvgIpc) is 3.17. The summed E-state index contributed by atoms with van der Waals surface area (Å²) < 4.78 is 3.57. The highest BCUT2D eigenvalue weighted by atomic mass is 79.9. The van der Waals surface area contributed by atoms with Gasteiger partial charge in [0, 0.05) is 22.4 Å². The minimum atomic E-state index is -0.334. The highest BCUT2D eigenvalue weighted by Gasteiger charge is 2.13. The average molecular weight is 542 g/mol. The lowest BCUT2D eigenvalue weighted by molar-refractivity contribution is 0.0955. The second-order valence-electron chi connectivity index (χ2n) is 5.22. The molecule has 1 amide bonds. The van der Waals surface area contributed by atoms with E-state index in [9.17, 15) is 9.90 Å². The van der Waals surface area contributed by atoms with E-state index in [-0.39, 0.29) is 11.7 Å². The van der Waals surface area contributed by atoms with Gasteiger partial charge in [0.25, 0.3) is 5.91 Å². The molecule has 26 heavy (non-hydrogen) atoms. The predicted molar refractivity (Wildman–Crippen MR) is 112 cm³/mol. The number of halogens is 3. The van der Waals surface area contributed by atoms with Crippen molar-refractivity contribution < 1.29 is 9.90 Å². The Bertz CT molecular complexity index is 986. The fourth-order valence-corrected chi connectivity index (χ4v) is 4.64. The number of carbonyl (C=O) groups excluding carboxylic acids is 1. The van der Waals surface area contributed by atoms with Crippen LogP contribution in [0.2, 0.25) is 0 Å². The van der Waals surface area contributed by atoms with E-state index in [4.69, 9.17) is 0 Å². The molecule has 0 bridgehead atoms. The molecule has 2 N–H and O–H groups in total. The molecule has 0 aliphatic carbocycles. The van der Waals surface area contributed by atoms with Crippen LogP contribution >= 0.6 is 47.8 Å². The first kappa shape index (κ1) is 18.9. The van der Waals surface area contributed by atoms with E-state index < -0.39 is 0 Å². The van der Waals surface area contributed by atoms with E-state index in [2.05, 4.69) is 58.3 Å². The van der Waals surface area contributed by atoms with Crippen LogP contribution in [0.25, 0.3) is 5.69 Å².